The molecule has 2 aromatic rings. The van der Waals surface area contributed by atoms with Crippen molar-refractivity contribution in [3.05, 3.63) is 29.0 Å². The smallest absolute Gasteiger partial charge is 0.334 e. The molecule has 8 heteroatoms. The second-order valence-corrected chi connectivity index (χ2v) is 6.66. The molecule has 3 heterocycles. The molecule has 0 aliphatic carbocycles. The number of amides is 1. The lowest BCUT2D eigenvalue weighted by Crippen LogP contribution is -2.52. The lowest BCUT2D eigenvalue weighted by molar-refractivity contribution is -0.166. The molecule has 2 aromatic heterocycles. The maximum Gasteiger partial charge on any atom is 0.334 e. The summed E-state index contributed by atoms with van der Waals surface area (Å²) in [5, 5.41) is 11.6. The van der Waals surface area contributed by atoms with Gasteiger partial charge in [0.25, 0.3) is 0 Å². The Morgan fingerprint density at radius 1 is 1.42 bits per heavy atom. The molecule has 1 unspecified atom stereocenters. The van der Waals surface area contributed by atoms with Crippen LogP contribution < -0.4 is 0 Å². The van der Waals surface area contributed by atoms with Crippen molar-refractivity contribution < 1.29 is 23.8 Å². The Morgan fingerprint density at radius 2 is 2.21 bits per heavy atom. The molecular formula is C16H18N2O5S. The zero-order valence-electron chi connectivity index (χ0n) is 13.4. The highest BCUT2D eigenvalue weighted by Crippen LogP contribution is 2.26. The first-order valence-electron chi connectivity index (χ1n) is 7.59. The fourth-order valence-electron chi connectivity index (χ4n) is 2.61. The average molecular weight is 350 g/mol. The Morgan fingerprint density at radius 3 is 2.88 bits per heavy atom. The van der Waals surface area contributed by atoms with E-state index in [9.17, 15) is 9.59 Å². The second-order valence-electron chi connectivity index (χ2n) is 5.80. The highest BCUT2D eigenvalue weighted by atomic mass is 32.1. The number of carboxylic acid groups (broad SMARTS) is 1. The lowest BCUT2D eigenvalue weighted by atomic mass is 10.2. The van der Waals surface area contributed by atoms with Gasteiger partial charge in [0.05, 0.1) is 24.8 Å². The Kier molecular flexibility index (Phi) is 4.68. The van der Waals surface area contributed by atoms with Crippen LogP contribution >= 0.6 is 11.3 Å². The van der Waals surface area contributed by atoms with E-state index in [4.69, 9.17) is 14.3 Å². The Bertz CT molecular complexity index is 753. The highest BCUT2D eigenvalue weighted by molar-refractivity contribution is 7.13. The summed E-state index contributed by atoms with van der Waals surface area (Å²) >= 11 is 1.42. The molecule has 7 nitrogen and oxygen atoms in total. The molecule has 1 amide bonds. The number of carbonyl (C=O) groups excluding carboxylic acids is 1. The number of carboxylic acids is 1. The summed E-state index contributed by atoms with van der Waals surface area (Å²) in [5.74, 6) is 0.286. The van der Waals surface area contributed by atoms with E-state index < -0.39 is 12.1 Å². The summed E-state index contributed by atoms with van der Waals surface area (Å²) in [5.41, 5.74) is 0.653. The number of aryl methyl sites for hydroxylation is 1. The molecular weight excluding hydrogens is 332 g/mol. The van der Waals surface area contributed by atoms with Crippen molar-refractivity contribution in [2.75, 3.05) is 13.1 Å². The summed E-state index contributed by atoms with van der Waals surface area (Å²) in [7, 11) is 0. The largest absolute Gasteiger partial charge is 0.479 e. The van der Waals surface area contributed by atoms with Crippen LogP contribution in [0, 0.1) is 6.92 Å². The molecule has 0 bridgehead atoms. The van der Waals surface area contributed by atoms with Gasteiger partial charge in [-0.15, -0.1) is 11.3 Å². The van der Waals surface area contributed by atoms with Crippen molar-refractivity contribution in [3.63, 3.8) is 0 Å². The number of nitrogens with zero attached hydrogens (tertiary/aromatic N) is 2. The van der Waals surface area contributed by atoms with E-state index in [-0.39, 0.29) is 25.0 Å². The van der Waals surface area contributed by atoms with Crippen LogP contribution in [-0.4, -0.2) is 52.2 Å². The topological polar surface area (TPSA) is 92.9 Å². The van der Waals surface area contributed by atoms with E-state index in [1.54, 1.807) is 6.92 Å². The van der Waals surface area contributed by atoms with Gasteiger partial charge in [-0.25, -0.2) is 9.78 Å². The molecule has 0 spiro atoms. The van der Waals surface area contributed by atoms with Gasteiger partial charge in [-0.05, 0) is 26.0 Å². The molecule has 1 fully saturated rings. The molecule has 0 saturated carbocycles. The Balaban J connectivity index is 1.66. The van der Waals surface area contributed by atoms with Crippen LogP contribution in [0.4, 0.5) is 0 Å². The third-order valence-corrected chi connectivity index (χ3v) is 4.63. The van der Waals surface area contributed by atoms with E-state index in [1.165, 1.54) is 16.2 Å². The maximum absolute atomic E-state index is 12.4. The van der Waals surface area contributed by atoms with Crippen LogP contribution in [0.3, 0.4) is 0 Å². The number of hydrogen-bond acceptors (Lipinski definition) is 6. The number of hydrogen-bond donors (Lipinski definition) is 1. The lowest BCUT2D eigenvalue weighted by Gasteiger charge is -2.34. The number of aliphatic carboxylic acids is 1. The molecule has 0 radical (unpaired) electrons. The average Bonchev–Trinajstić information content (AvgIpc) is 3.15. The van der Waals surface area contributed by atoms with Gasteiger partial charge in [0.15, 0.2) is 16.9 Å². The van der Waals surface area contributed by atoms with Crippen molar-refractivity contribution in [2.45, 2.75) is 32.5 Å². The number of thiazole rings is 1. The number of furan rings is 1. The predicted molar refractivity (Wildman–Crippen MR) is 86.8 cm³/mol. The van der Waals surface area contributed by atoms with Gasteiger partial charge in [0.2, 0.25) is 5.91 Å². The third kappa shape index (κ3) is 3.65. The van der Waals surface area contributed by atoms with E-state index in [2.05, 4.69) is 4.98 Å². The first-order chi connectivity index (χ1) is 11.4. The molecule has 128 valence electrons. The number of rotatable bonds is 4. The van der Waals surface area contributed by atoms with E-state index >= 15 is 0 Å². The van der Waals surface area contributed by atoms with Crippen LogP contribution in [0.5, 0.6) is 0 Å². The minimum atomic E-state index is -1.05. The van der Waals surface area contributed by atoms with Crippen LogP contribution in [0.1, 0.15) is 18.4 Å². The third-order valence-electron chi connectivity index (χ3n) is 3.72. The van der Waals surface area contributed by atoms with Crippen LogP contribution in [0.2, 0.25) is 0 Å². The molecule has 24 heavy (non-hydrogen) atoms. The van der Waals surface area contributed by atoms with Gasteiger partial charge in [-0.3, -0.25) is 4.79 Å². The standard InChI is InChI=1S/C16H18N2O5S/c1-9-3-4-12(22-9)15-17-11(8-24-15)5-14(19)18-6-10(2)23-13(7-18)16(20)21/h3-4,8,10,13H,5-7H2,1-2H3,(H,20,21)/t10-,13?/m1/s1. The van der Waals surface area contributed by atoms with Crippen molar-refractivity contribution >= 4 is 23.2 Å². The quantitative estimate of drug-likeness (QED) is 0.906. The number of ether oxygens (including phenoxy) is 1. The van der Waals surface area contributed by atoms with Crippen LogP contribution in [0.25, 0.3) is 10.8 Å². The monoisotopic (exact) mass is 350 g/mol. The van der Waals surface area contributed by atoms with Gasteiger partial charge in [0.1, 0.15) is 5.76 Å². The highest BCUT2D eigenvalue weighted by Gasteiger charge is 2.32. The van der Waals surface area contributed by atoms with Crippen molar-refractivity contribution in [3.8, 4) is 10.8 Å². The first-order valence-corrected chi connectivity index (χ1v) is 8.47. The fourth-order valence-corrected chi connectivity index (χ4v) is 3.39. The molecule has 1 saturated heterocycles. The van der Waals surface area contributed by atoms with E-state index in [1.807, 2.05) is 24.4 Å². The second kappa shape index (κ2) is 6.74. The molecule has 1 N–H and O–H groups in total. The Labute approximate surface area is 142 Å². The molecule has 2 atom stereocenters. The zero-order valence-corrected chi connectivity index (χ0v) is 14.2. The van der Waals surface area contributed by atoms with Gasteiger partial charge in [0, 0.05) is 11.9 Å². The Hall–Kier alpha value is -2.19. The number of carbonyl (C=O) groups is 2. The van der Waals surface area contributed by atoms with Gasteiger partial charge in [-0.2, -0.15) is 0 Å². The fraction of sp³-hybridized carbons (Fsp3) is 0.438. The van der Waals surface area contributed by atoms with Crippen LogP contribution in [-0.2, 0) is 20.7 Å². The van der Waals surface area contributed by atoms with Gasteiger partial charge in [-0.1, -0.05) is 0 Å². The number of morpholine rings is 1. The predicted octanol–water partition coefficient (Wildman–Crippen LogP) is 1.95. The summed E-state index contributed by atoms with van der Waals surface area (Å²) in [6.07, 6.45) is -1.15. The van der Waals surface area contributed by atoms with Gasteiger partial charge < -0.3 is 19.2 Å². The van der Waals surface area contributed by atoms with Crippen LogP contribution in [0.15, 0.2) is 21.9 Å². The van der Waals surface area contributed by atoms with Crippen molar-refractivity contribution in [1.29, 1.82) is 0 Å². The number of aromatic nitrogens is 1. The van der Waals surface area contributed by atoms with Crippen molar-refractivity contribution in [2.24, 2.45) is 0 Å². The summed E-state index contributed by atoms with van der Waals surface area (Å²) in [4.78, 5) is 29.5. The molecule has 0 aromatic carbocycles. The van der Waals surface area contributed by atoms with E-state index in [0.717, 1.165) is 10.8 Å². The van der Waals surface area contributed by atoms with Gasteiger partial charge >= 0.3 is 5.97 Å². The first kappa shape index (κ1) is 16.7. The summed E-state index contributed by atoms with van der Waals surface area (Å²) in [6.45, 7) is 4.07. The summed E-state index contributed by atoms with van der Waals surface area (Å²) in [6, 6.07) is 3.71. The SMILES string of the molecule is Cc1ccc(-c2nc(CC(=O)N3CC(C(=O)O)O[C@H](C)C3)cs2)o1. The van der Waals surface area contributed by atoms with E-state index in [0.29, 0.717) is 18.0 Å². The minimum Gasteiger partial charge on any atom is -0.479 e. The van der Waals surface area contributed by atoms with Crippen molar-refractivity contribution in [1.82, 2.24) is 9.88 Å². The molecule has 1 aliphatic rings. The molecule has 3 rings (SSSR count). The molecule has 1 aliphatic heterocycles. The maximum atomic E-state index is 12.4. The summed E-state index contributed by atoms with van der Waals surface area (Å²) < 4.78 is 10.9. The zero-order chi connectivity index (χ0) is 17.3. The minimum absolute atomic E-state index is 0.0624. The normalized spacial score (nSPS) is 21.0.